The molecule has 0 radical (unpaired) electrons. The van der Waals surface area contributed by atoms with E-state index in [1.165, 1.54) is 4.31 Å². The van der Waals surface area contributed by atoms with Crippen molar-refractivity contribution in [3.05, 3.63) is 66.1 Å². The third-order valence-corrected chi connectivity index (χ3v) is 6.62. The van der Waals surface area contributed by atoms with Crippen LogP contribution in [-0.4, -0.2) is 36.0 Å². The van der Waals surface area contributed by atoms with Crippen LogP contribution < -0.4 is 0 Å². The van der Waals surface area contributed by atoms with Crippen LogP contribution in [0.15, 0.2) is 64.0 Å². The van der Waals surface area contributed by atoms with Crippen molar-refractivity contribution >= 4 is 10.0 Å². The smallest absolute Gasteiger partial charge is 0.243 e. The second kappa shape index (κ2) is 7.25. The number of hydrogen-bond donors (Lipinski definition) is 0. The number of rotatable bonds is 6. The summed E-state index contributed by atoms with van der Waals surface area (Å²) in [6, 6.07) is 16.7. The summed E-state index contributed by atoms with van der Waals surface area (Å²) in [5.41, 5.74) is 2.03. The Kier molecular flexibility index (Phi) is 4.80. The van der Waals surface area contributed by atoms with Gasteiger partial charge in [0, 0.05) is 18.7 Å². The lowest BCUT2D eigenvalue weighted by atomic mass is 10.0. The van der Waals surface area contributed by atoms with Gasteiger partial charge < -0.3 is 4.52 Å². The first-order valence-corrected chi connectivity index (χ1v) is 10.5. The Morgan fingerprint density at radius 2 is 1.78 bits per heavy atom. The summed E-state index contributed by atoms with van der Waals surface area (Å²) in [4.78, 5) is 4.75. The van der Waals surface area contributed by atoms with E-state index in [1.54, 1.807) is 12.1 Å². The second-order valence-electron chi connectivity index (χ2n) is 6.74. The molecule has 0 aliphatic carbocycles. The first kappa shape index (κ1) is 17.9. The summed E-state index contributed by atoms with van der Waals surface area (Å²) >= 11 is 0. The van der Waals surface area contributed by atoms with Crippen LogP contribution in [0.4, 0.5) is 0 Å². The topological polar surface area (TPSA) is 76.3 Å². The molecule has 0 saturated carbocycles. The van der Waals surface area contributed by atoms with E-state index in [4.69, 9.17) is 4.52 Å². The van der Waals surface area contributed by atoms with Crippen LogP contribution in [0.3, 0.4) is 0 Å². The molecule has 7 heteroatoms. The number of sulfonamides is 1. The number of nitrogens with zero attached hydrogens (tertiary/aromatic N) is 3. The minimum Gasteiger partial charge on any atom is -0.339 e. The SMILES string of the molecule is CCCc1ccc(S(=O)(=O)N2CC(c3nc(-c4ccccc4)no3)C2)cc1. The maximum absolute atomic E-state index is 12.7. The summed E-state index contributed by atoms with van der Waals surface area (Å²) < 4.78 is 32.3. The molecule has 3 aromatic rings. The van der Waals surface area contributed by atoms with Crippen molar-refractivity contribution < 1.29 is 12.9 Å². The lowest BCUT2D eigenvalue weighted by Crippen LogP contribution is -2.48. The van der Waals surface area contributed by atoms with Gasteiger partial charge >= 0.3 is 0 Å². The van der Waals surface area contributed by atoms with E-state index in [-0.39, 0.29) is 5.92 Å². The predicted octanol–water partition coefficient (Wildman–Crippen LogP) is 3.48. The third kappa shape index (κ3) is 3.52. The number of benzene rings is 2. The normalized spacial score (nSPS) is 15.6. The van der Waals surface area contributed by atoms with Crippen molar-refractivity contribution in [2.45, 2.75) is 30.6 Å². The fraction of sp³-hybridized carbons (Fsp3) is 0.300. The van der Waals surface area contributed by atoms with Gasteiger partial charge in [-0.15, -0.1) is 0 Å². The van der Waals surface area contributed by atoms with Crippen molar-refractivity contribution in [2.75, 3.05) is 13.1 Å². The van der Waals surface area contributed by atoms with E-state index in [0.29, 0.717) is 29.7 Å². The molecule has 0 amide bonds. The van der Waals surface area contributed by atoms with Gasteiger partial charge in [-0.2, -0.15) is 9.29 Å². The Morgan fingerprint density at radius 3 is 2.44 bits per heavy atom. The van der Waals surface area contributed by atoms with Gasteiger partial charge in [0.15, 0.2) is 0 Å². The molecule has 1 fully saturated rings. The summed E-state index contributed by atoms with van der Waals surface area (Å²) in [5.74, 6) is 0.945. The van der Waals surface area contributed by atoms with Gasteiger partial charge in [0.25, 0.3) is 0 Å². The highest BCUT2D eigenvalue weighted by molar-refractivity contribution is 7.89. The minimum absolute atomic E-state index is 0.0656. The molecule has 4 rings (SSSR count). The molecule has 1 saturated heterocycles. The van der Waals surface area contributed by atoms with Crippen molar-refractivity contribution in [2.24, 2.45) is 0 Å². The Morgan fingerprint density at radius 1 is 1.07 bits per heavy atom. The zero-order valence-corrected chi connectivity index (χ0v) is 15.9. The molecule has 1 aliphatic heterocycles. The van der Waals surface area contributed by atoms with Gasteiger partial charge in [-0.3, -0.25) is 0 Å². The van der Waals surface area contributed by atoms with Gasteiger partial charge in [0.2, 0.25) is 21.7 Å². The fourth-order valence-corrected chi connectivity index (χ4v) is 4.69. The van der Waals surface area contributed by atoms with Crippen molar-refractivity contribution in [1.82, 2.24) is 14.4 Å². The lowest BCUT2D eigenvalue weighted by Gasteiger charge is -2.35. The molecule has 27 heavy (non-hydrogen) atoms. The highest BCUT2D eigenvalue weighted by Crippen LogP contribution is 2.32. The van der Waals surface area contributed by atoms with E-state index in [1.807, 2.05) is 42.5 Å². The summed E-state index contributed by atoms with van der Waals surface area (Å²) in [6.07, 6.45) is 1.99. The lowest BCUT2D eigenvalue weighted by molar-refractivity contribution is 0.217. The second-order valence-corrected chi connectivity index (χ2v) is 8.67. The van der Waals surface area contributed by atoms with Crippen LogP contribution in [0.25, 0.3) is 11.4 Å². The molecule has 0 N–H and O–H groups in total. The van der Waals surface area contributed by atoms with E-state index in [2.05, 4.69) is 17.1 Å². The highest BCUT2D eigenvalue weighted by Gasteiger charge is 2.40. The minimum atomic E-state index is -3.48. The Bertz CT molecular complexity index is 1010. The van der Waals surface area contributed by atoms with Crippen molar-refractivity contribution in [3.63, 3.8) is 0 Å². The van der Waals surface area contributed by atoms with Crippen LogP contribution in [0.2, 0.25) is 0 Å². The first-order chi connectivity index (χ1) is 13.1. The maximum Gasteiger partial charge on any atom is 0.243 e. The summed E-state index contributed by atoms with van der Waals surface area (Å²) in [5, 5.41) is 4.01. The fourth-order valence-electron chi connectivity index (χ4n) is 3.16. The van der Waals surface area contributed by atoms with Gasteiger partial charge in [0.05, 0.1) is 10.8 Å². The zero-order chi connectivity index (χ0) is 18.9. The quantitative estimate of drug-likeness (QED) is 0.651. The van der Waals surface area contributed by atoms with Crippen LogP contribution in [0.1, 0.15) is 30.7 Å². The number of aryl methyl sites for hydroxylation is 1. The summed E-state index contributed by atoms with van der Waals surface area (Å²) in [6.45, 7) is 2.82. The molecule has 140 valence electrons. The molecule has 0 bridgehead atoms. The first-order valence-electron chi connectivity index (χ1n) is 9.06. The molecular formula is C20H21N3O3S. The monoisotopic (exact) mass is 383 g/mol. The Labute approximate surface area is 158 Å². The maximum atomic E-state index is 12.7. The van der Waals surface area contributed by atoms with Crippen LogP contribution in [0, 0.1) is 0 Å². The number of aromatic nitrogens is 2. The molecule has 0 atom stereocenters. The van der Waals surface area contributed by atoms with Gasteiger partial charge in [-0.05, 0) is 24.1 Å². The molecular weight excluding hydrogens is 362 g/mol. The van der Waals surface area contributed by atoms with E-state index >= 15 is 0 Å². The van der Waals surface area contributed by atoms with E-state index in [9.17, 15) is 8.42 Å². The average Bonchev–Trinajstić information content (AvgIpc) is 3.11. The predicted molar refractivity (Wildman–Crippen MR) is 102 cm³/mol. The van der Waals surface area contributed by atoms with Crippen LogP contribution in [-0.2, 0) is 16.4 Å². The Hall–Kier alpha value is -2.51. The highest BCUT2D eigenvalue weighted by atomic mass is 32.2. The molecule has 0 unspecified atom stereocenters. The Balaban J connectivity index is 1.43. The van der Waals surface area contributed by atoms with Crippen LogP contribution >= 0.6 is 0 Å². The van der Waals surface area contributed by atoms with Gasteiger partial charge in [-0.1, -0.05) is 61.0 Å². The zero-order valence-electron chi connectivity index (χ0n) is 15.1. The molecule has 6 nitrogen and oxygen atoms in total. The molecule has 0 spiro atoms. The molecule has 2 aromatic carbocycles. The molecule has 1 aliphatic rings. The molecule has 1 aromatic heterocycles. The average molecular weight is 383 g/mol. The summed E-state index contributed by atoms with van der Waals surface area (Å²) in [7, 11) is -3.48. The van der Waals surface area contributed by atoms with E-state index in [0.717, 1.165) is 24.0 Å². The van der Waals surface area contributed by atoms with Gasteiger partial charge in [-0.25, -0.2) is 8.42 Å². The standard InChI is InChI=1S/C20H21N3O3S/c1-2-6-15-9-11-18(12-10-15)27(24,25)23-13-17(14-23)20-21-19(22-26-20)16-7-4-3-5-8-16/h3-5,7-12,17H,2,6,13-14H2,1H3. The third-order valence-electron chi connectivity index (χ3n) is 4.77. The van der Waals surface area contributed by atoms with Gasteiger partial charge in [0.1, 0.15) is 0 Å². The van der Waals surface area contributed by atoms with E-state index < -0.39 is 10.0 Å². The molecule has 2 heterocycles. The number of hydrogen-bond acceptors (Lipinski definition) is 5. The van der Waals surface area contributed by atoms with Crippen molar-refractivity contribution in [3.8, 4) is 11.4 Å². The van der Waals surface area contributed by atoms with Crippen LogP contribution in [0.5, 0.6) is 0 Å². The largest absolute Gasteiger partial charge is 0.339 e. The van der Waals surface area contributed by atoms with Crippen molar-refractivity contribution in [1.29, 1.82) is 0 Å².